The summed E-state index contributed by atoms with van der Waals surface area (Å²) in [6.07, 6.45) is 5.54. The molecule has 4 rings (SSSR count). The molecule has 0 bridgehead atoms. The Kier molecular flexibility index (Phi) is 5.03. The largest absolute Gasteiger partial charge is 0.469 e. The van der Waals surface area contributed by atoms with Crippen LogP contribution in [0.1, 0.15) is 29.7 Å². The van der Waals surface area contributed by atoms with Gasteiger partial charge in [-0.1, -0.05) is 17.8 Å². The van der Waals surface area contributed by atoms with Crippen LogP contribution in [0.4, 0.5) is 5.69 Å². The molecule has 1 amide bonds. The van der Waals surface area contributed by atoms with E-state index in [9.17, 15) is 4.79 Å². The molecule has 0 atom stereocenters. The van der Waals surface area contributed by atoms with E-state index in [0.717, 1.165) is 40.8 Å². The van der Waals surface area contributed by atoms with Crippen molar-refractivity contribution in [1.29, 1.82) is 0 Å². The van der Waals surface area contributed by atoms with Crippen molar-refractivity contribution >= 4 is 23.4 Å². The number of furan rings is 1. The van der Waals surface area contributed by atoms with E-state index in [2.05, 4.69) is 27.6 Å². The van der Waals surface area contributed by atoms with E-state index in [1.165, 1.54) is 29.3 Å². The number of carbonyl (C=O) groups excluding carboxylic acids is 1. The second-order valence-corrected chi connectivity index (χ2v) is 7.80. The fourth-order valence-electron chi connectivity index (χ4n) is 3.40. The number of carbonyl (C=O) groups is 1. The molecule has 1 aromatic carbocycles. The first kappa shape index (κ1) is 17.9. The standard InChI is InChI=1S/C20H22N4O2S/c1-13-17(8-10-26-13)19-22-23-20(24(19)2)27-11-9-18(25)21-16-7-6-14-4-3-5-15(14)12-16/h6-8,10,12H,3-5,9,11H2,1-2H3,(H,21,25). The number of aryl methyl sites for hydroxylation is 3. The molecule has 3 aromatic rings. The van der Waals surface area contributed by atoms with Gasteiger partial charge in [-0.05, 0) is 55.5 Å². The number of benzene rings is 1. The average Bonchev–Trinajstić information content (AvgIpc) is 3.36. The van der Waals surface area contributed by atoms with Crippen molar-refractivity contribution in [2.24, 2.45) is 7.05 Å². The average molecular weight is 382 g/mol. The van der Waals surface area contributed by atoms with Gasteiger partial charge in [0.1, 0.15) is 5.76 Å². The molecule has 0 fully saturated rings. The first-order chi connectivity index (χ1) is 13.1. The molecule has 0 unspecified atom stereocenters. The molecule has 0 radical (unpaired) electrons. The van der Waals surface area contributed by atoms with Gasteiger partial charge in [-0.15, -0.1) is 10.2 Å². The van der Waals surface area contributed by atoms with Crippen LogP contribution in [0.2, 0.25) is 0 Å². The van der Waals surface area contributed by atoms with Crippen LogP contribution < -0.4 is 5.32 Å². The number of nitrogens with one attached hydrogen (secondary N) is 1. The number of hydrogen-bond acceptors (Lipinski definition) is 5. The van der Waals surface area contributed by atoms with Gasteiger partial charge >= 0.3 is 0 Å². The Bertz CT molecular complexity index is 976. The lowest BCUT2D eigenvalue weighted by molar-refractivity contribution is -0.115. The zero-order valence-corrected chi connectivity index (χ0v) is 16.3. The Labute approximate surface area is 162 Å². The van der Waals surface area contributed by atoms with Crippen molar-refractivity contribution in [3.05, 3.63) is 47.4 Å². The molecule has 2 heterocycles. The lowest BCUT2D eigenvalue weighted by atomic mass is 10.1. The Morgan fingerprint density at radius 2 is 2.11 bits per heavy atom. The maximum absolute atomic E-state index is 12.2. The Morgan fingerprint density at radius 3 is 2.93 bits per heavy atom. The Morgan fingerprint density at radius 1 is 1.26 bits per heavy atom. The molecule has 1 N–H and O–H groups in total. The van der Waals surface area contributed by atoms with Gasteiger partial charge in [0, 0.05) is 24.9 Å². The van der Waals surface area contributed by atoms with Crippen molar-refractivity contribution in [3.8, 4) is 11.4 Å². The minimum Gasteiger partial charge on any atom is -0.469 e. The second kappa shape index (κ2) is 7.60. The summed E-state index contributed by atoms with van der Waals surface area (Å²) in [4.78, 5) is 12.2. The highest BCUT2D eigenvalue weighted by atomic mass is 32.2. The summed E-state index contributed by atoms with van der Waals surface area (Å²) in [6, 6.07) is 8.12. The highest BCUT2D eigenvalue weighted by Gasteiger charge is 2.15. The number of rotatable bonds is 6. The molecular formula is C20H22N4O2S. The topological polar surface area (TPSA) is 72.9 Å². The van der Waals surface area contributed by atoms with Crippen LogP contribution in [0, 0.1) is 6.92 Å². The summed E-state index contributed by atoms with van der Waals surface area (Å²) in [5.41, 5.74) is 4.60. The molecule has 0 aliphatic heterocycles. The van der Waals surface area contributed by atoms with Gasteiger partial charge in [-0.3, -0.25) is 4.79 Å². The van der Waals surface area contributed by atoms with Crippen molar-refractivity contribution in [3.63, 3.8) is 0 Å². The lowest BCUT2D eigenvalue weighted by Gasteiger charge is -2.07. The number of thioether (sulfide) groups is 1. The van der Waals surface area contributed by atoms with Crippen molar-refractivity contribution in [1.82, 2.24) is 14.8 Å². The summed E-state index contributed by atoms with van der Waals surface area (Å²) in [7, 11) is 1.93. The maximum atomic E-state index is 12.2. The van der Waals surface area contributed by atoms with Crippen LogP contribution in [0.25, 0.3) is 11.4 Å². The Balaban J connectivity index is 1.32. The number of anilines is 1. The summed E-state index contributed by atoms with van der Waals surface area (Å²) in [5.74, 6) is 2.25. The molecular weight excluding hydrogens is 360 g/mol. The minimum atomic E-state index is 0.0218. The zero-order valence-electron chi connectivity index (χ0n) is 15.5. The minimum absolute atomic E-state index is 0.0218. The Hall–Kier alpha value is -2.54. The number of hydrogen-bond donors (Lipinski definition) is 1. The van der Waals surface area contributed by atoms with E-state index in [0.29, 0.717) is 12.2 Å². The normalized spacial score (nSPS) is 13.0. The number of nitrogens with zero attached hydrogens (tertiary/aromatic N) is 3. The van der Waals surface area contributed by atoms with Gasteiger partial charge < -0.3 is 14.3 Å². The third-order valence-corrected chi connectivity index (χ3v) is 5.90. The first-order valence-corrected chi connectivity index (χ1v) is 10.1. The van der Waals surface area contributed by atoms with Gasteiger partial charge in [-0.25, -0.2) is 0 Å². The zero-order chi connectivity index (χ0) is 18.8. The van der Waals surface area contributed by atoms with E-state index in [4.69, 9.17) is 4.42 Å². The highest BCUT2D eigenvalue weighted by molar-refractivity contribution is 7.99. The second-order valence-electron chi connectivity index (χ2n) is 6.74. The van der Waals surface area contributed by atoms with E-state index < -0.39 is 0 Å². The van der Waals surface area contributed by atoms with Crippen LogP contribution in [-0.4, -0.2) is 26.4 Å². The van der Waals surface area contributed by atoms with E-state index in [-0.39, 0.29) is 5.91 Å². The molecule has 0 saturated carbocycles. The molecule has 0 saturated heterocycles. The SMILES string of the molecule is Cc1occc1-c1nnc(SCCC(=O)Nc2ccc3c(c2)CCC3)n1C. The van der Waals surface area contributed by atoms with Gasteiger partial charge in [0.2, 0.25) is 5.91 Å². The van der Waals surface area contributed by atoms with Crippen LogP contribution in [0.3, 0.4) is 0 Å². The van der Waals surface area contributed by atoms with E-state index in [1.54, 1.807) is 6.26 Å². The lowest BCUT2D eigenvalue weighted by Crippen LogP contribution is -2.12. The third-order valence-electron chi connectivity index (χ3n) is 4.88. The van der Waals surface area contributed by atoms with Gasteiger partial charge in [0.25, 0.3) is 0 Å². The van der Waals surface area contributed by atoms with Crippen LogP contribution in [0.15, 0.2) is 40.1 Å². The van der Waals surface area contributed by atoms with Gasteiger partial charge in [0.05, 0.1) is 11.8 Å². The predicted octanol–water partition coefficient (Wildman–Crippen LogP) is 3.99. The molecule has 6 nitrogen and oxygen atoms in total. The van der Waals surface area contributed by atoms with Crippen molar-refractivity contribution in [2.75, 3.05) is 11.1 Å². The highest BCUT2D eigenvalue weighted by Crippen LogP contribution is 2.27. The van der Waals surface area contributed by atoms with Gasteiger partial charge in [-0.2, -0.15) is 0 Å². The predicted molar refractivity (Wildman–Crippen MR) is 106 cm³/mol. The van der Waals surface area contributed by atoms with Gasteiger partial charge in [0.15, 0.2) is 11.0 Å². The summed E-state index contributed by atoms with van der Waals surface area (Å²) in [6.45, 7) is 1.90. The molecule has 7 heteroatoms. The molecule has 0 spiro atoms. The molecule has 2 aromatic heterocycles. The van der Waals surface area contributed by atoms with Crippen molar-refractivity contribution < 1.29 is 9.21 Å². The first-order valence-electron chi connectivity index (χ1n) is 9.10. The summed E-state index contributed by atoms with van der Waals surface area (Å²) in [5, 5.41) is 12.3. The number of aromatic nitrogens is 3. The van der Waals surface area contributed by atoms with Crippen LogP contribution >= 0.6 is 11.8 Å². The molecule has 1 aliphatic rings. The molecule has 27 heavy (non-hydrogen) atoms. The summed E-state index contributed by atoms with van der Waals surface area (Å²) >= 11 is 1.53. The maximum Gasteiger partial charge on any atom is 0.225 e. The summed E-state index contributed by atoms with van der Waals surface area (Å²) < 4.78 is 7.27. The number of fused-ring (bicyclic) bond motifs is 1. The van der Waals surface area contributed by atoms with E-state index in [1.807, 2.05) is 30.7 Å². The fourth-order valence-corrected chi connectivity index (χ4v) is 4.25. The molecule has 1 aliphatic carbocycles. The fraction of sp³-hybridized carbons (Fsp3) is 0.350. The third kappa shape index (κ3) is 3.78. The quantitative estimate of drug-likeness (QED) is 0.653. The molecule has 140 valence electrons. The van der Waals surface area contributed by atoms with Crippen LogP contribution in [-0.2, 0) is 24.7 Å². The van der Waals surface area contributed by atoms with Crippen LogP contribution in [0.5, 0.6) is 0 Å². The smallest absolute Gasteiger partial charge is 0.225 e. The number of amides is 1. The van der Waals surface area contributed by atoms with Crippen molar-refractivity contribution in [2.45, 2.75) is 37.8 Å². The monoisotopic (exact) mass is 382 g/mol. The van der Waals surface area contributed by atoms with E-state index >= 15 is 0 Å².